The third-order valence-electron chi connectivity index (χ3n) is 1.13. The Bertz CT molecular complexity index is 105. The van der Waals surface area contributed by atoms with E-state index in [1.165, 1.54) is 0 Å². The molecule has 0 aromatic heterocycles. The van der Waals surface area contributed by atoms with Crippen molar-refractivity contribution >= 4 is 5.97 Å². The fourth-order valence-corrected chi connectivity index (χ4v) is 0.221. The molecular formula is C7H18N2O2. The standard InChI is InChI=1S/C5H11NO2.C2H7N/c1-4(5(7)8)6(2)3;1-2-3/h4H,1-3H3,(H,7,8);2-3H2,1H3. The quantitative estimate of drug-likeness (QED) is 0.599. The number of carboxylic acids is 1. The summed E-state index contributed by atoms with van der Waals surface area (Å²) in [6, 6.07) is -0.380. The molecule has 0 aromatic carbocycles. The van der Waals surface area contributed by atoms with Gasteiger partial charge in [-0.25, -0.2) is 0 Å². The van der Waals surface area contributed by atoms with E-state index in [0.29, 0.717) is 0 Å². The molecule has 0 fully saturated rings. The van der Waals surface area contributed by atoms with Crippen LogP contribution in [0.25, 0.3) is 0 Å². The van der Waals surface area contributed by atoms with Gasteiger partial charge in [0.05, 0.1) is 0 Å². The SMILES string of the molecule is CC(C(=O)O)N(C)C.CCN. The fraction of sp³-hybridized carbons (Fsp3) is 0.857. The summed E-state index contributed by atoms with van der Waals surface area (Å²) in [5.74, 6) is -0.782. The van der Waals surface area contributed by atoms with E-state index in [-0.39, 0.29) is 6.04 Å². The van der Waals surface area contributed by atoms with E-state index in [1.54, 1.807) is 25.9 Å². The van der Waals surface area contributed by atoms with Gasteiger partial charge in [-0.1, -0.05) is 6.92 Å². The van der Waals surface area contributed by atoms with Gasteiger partial charge in [0.1, 0.15) is 6.04 Å². The molecule has 4 heteroatoms. The minimum Gasteiger partial charge on any atom is -0.480 e. The molecule has 0 bridgehead atoms. The second-order valence-electron chi connectivity index (χ2n) is 2.39. The molecule has 0 aliphatic heterocycles. The van der Waals surface area contributed by atoms with Crippen LogP contribution in [0.4, 0.5) is 0 Å². The third kappa shape index (κ3) is 9.39. The van der Waals surface area contributed by atoms with Crippen molar-refractivity contribution in [2.24, 2.45) is 5.73 Å². The molecule has 68 valence electrons. The lowest BCUT2D eigenvalue weighted by molar-refractivity contribution is -0.141. The highest BCUT2D eigenvalue weighted by Gasteiger charge is 2.11. The summed E-state index contributed by atoms with van der Waals surface area (Å²) in [7, 11) is 3.47. The Morgan fingerprint density at radius 3 is 1.91 bits per heavy atom. The van der Waals surface area contributed by atoms with Crippen LogP contribution in [0.2, 0.25) is 0 Å². The molecule has 4 nitrogen and oxygen atoms in total. The maximum Gasteiger partial charge on any atom is 0.320 e. The Kier molecular flexibility index (Phi) is 8.87. The fourth-order valence-electron chi connectivity index (χ4n) is 0.221. The topological polar surface area (TPSA) is 66.6 Å². The van der Waals surface area contributed by atoms with Crippen molar-refractivity contribution in [1.82, 2.24) is 4.90 Å². The highest BCUT2D eigenvalue weighted by atomic mass is 16.4. The number of likely N-dealkylation sites (N-methyl/N-ethyl adjacent to an activating group) is 1. The Labute approximate surface area is 68.0 Å². The van der Waals surface area contributed by atoms with E-state index in [9.17, 15) is 4.79 Å². The highest BCUT2D eigenvalue weighted by Crippen LogP contribution is 1.88. The molecule has 0 aromatic rings. The zero-order valence-corrected chi connectivity index (χ0v) is 7.66. The van der Waals surface area contributed by atoms with Crippen LogP contribution in [0.3, 0.4) is 0 Å². The summed E-state index contributed by atoms with van der Waals surface area (Å²) in [4.78, 5) is 11.7. The normalized spacial score (nSPS) is 11.8. The van der Waals surface area contributed by atoms with Crippen molar-refractivity contribution in [2.45, 2.75) is 19.9 Å². The van der Waals surface area contributed by atoms with Crippen LogP contribution in [-0.2, 0) is 4.79 Å². The lowest BCUT2D eigenvalue weighted by Gasteiger charge is -2.13. The molecule has 0 amide bonds. The maximum absolute atomic E-state index is 10.1. The number of carboxylic acid groups (broad SMARTS) is 1. The zero-order chi connectivity index (χ0) is 9.44. The van der Waals surface area contributed by atoms with Crippen LogP contribution < -0.4 is 5.73 Å². The van der Waals surface area contributed by atoms with Crippen LogP contribution in [0.15, 0.2) is 0 Å². The lowest BCUT2D eigenvalue weighted by Crippen LogP contribution is -2.32. The lowest BCUT2D eigenvalue weighted by atomic mass is 10.3. The summed E-state index contributed by atoms with van der Waals surface area (Å²) in [5, 5.41) is 8.31. The van der Waals surface area contributed by atoms with Crippen LogP contribution in [0.5, 0.6) is 0 Å². The number of hydrogen-bond acceptors (Lipinski definition) is 3. The van der Waals surface area contributed by atoms with Gasteiger partial charge in [0, 0.05) is 0 Å². The maximum atomic E-state index is 10.1. The van der Waals surface area contributed by atoms with Gasteiger partial charge >= 0.3 is 5.97 Å². The van der Waals surface area contributed by atoms with Gasteiger partial charge in [-0.2, -0.15) is 0 Å². The second kappa shape index (κ2) is 7.50. The number of nitrogens with two attached hydrogens (primary N) is 1. The number of aliphatic carboxylic acids is 1. The van der Waals surface area contributed by atoms with Crippen LogP contribution >= 0.6 is 0 Å². The average molecular weight is 162 g/mol. The number of carbonyl (C=O) groups is 1. The summed E-state index contributed by atoms with van der Waals surface area (Å²) in [6.45, 7) is 4.29. The van der Waals surface area contributed by atoms with Gasteiger partial charge < -0.3 is 10.8 Å². The first-order valence-corrected chi connectivity index (χ1v) is 3.56. The van der Waals surface area contributed by atoms with Crippen molar-refractivity contribution in [3.63, 3.8) is 0 Å². The van der Waals surface area contributed by atoms with E-state index in [0.717, 1.165) is 6.54 Å². The minimum atomic E-state index is -0.782. The molecule has 0 spiro atoms. The largest absolute Gasteiger partial charge is 0.480 e. The molecule has 0 saturated heterocycles. The first kappa shape index (κ1) is 13.0. The Balaban J connectivity index is 0. The monoisotopic (exact) mass is 162 g/mol. The molecule has 0 radical (unpaired) electrons. The van der Waals surface area contributed by atoms with Crippen molar-refractivity contribution in [2.75, 3.05) is 20.6 Å². The Hall–Kier alpha value is -0.610. The first-order valence-electron chi connectivity index (χ1n) is 3.56. The summed E-state index contributed by atoms with van der Waals surface area (Å²) in [5.41, 5.74) is 4.85. The molecule has 0 aliphatic rings. The predicted molar refractivity (Wildman–Crippen MR) is 45.5 cm³/mol. The smallest absolute Gasteiger partial charge is 0.320 e. The molecule has 0 aliphatic carbocycles. The van der Waals surface area contributed by atoms with E-state index < -0.39 is 5.97 Å². The van der Waals surface area contributed by atoms with Gasteiger partial charge in [0.15, 0.2) is 0 Å². The Morgan fingerprint density at radius 1 is 1.64 bits per heavy atom. The van der Waals surface area contributed by atoms with Gasteiger partial charge in [-0.05, 0) is 27.6 Å². The van der Waals surface area contributed by atoms with E-state index in [1.807, 2.05) is 6.92 Å². The van der Waals surface area contributed by atoms with E-state index >= 15 is 0 Å². The van der Waals surface area contributed by atoms with Crippen molar-refractivity contribution < 1.29 is 9.90 Å². The van der Waals surface area contributed by atoms with Gasteiger partial charge in [0.2, 0.25) is 0 Å². The average Bonchev–Trinajstić information content (AvgIpc) is 1.87. The molecule has 3 N–H and O–H groups in total. The summed E-state index contributed by atoms with van der Waals surface area (Å²) >= 11 is 0. The number of rotatable bonds is 2. The molecule has 0 heterocycles. The van der Waals surface area contributed by atoms with E-state index in [4.69, 9.17) is 10.8 Å². The minimum absolute atomic E-state index is 0.380. The molecular weight excluding hydrogens is 144 g/mol. The second-order valence-corrected chi connectivity index (χ2v) is 2.39. The summed E-state index contributed by atoms with van der Waals surface area (Å²) < 4.78 is 0. The number of hydrogen-bond donors (Lipinski definition) is 2. The van der Waals surface area contributed by atoms with E-state index in [2.05, 4.69) is 0 Å². The van der Waals surface area contributed by atoms with Crippen LogP contribution in [0, 0.1) is 0 Å². The third-order valence-corrected chi connectivity index (χ3v) is 1.13. The molecule has 1 unspecified atom stereocenters. The van der Waals surface area contributed by atoms with Crippen LogP contribution in [0.1, 0.15) is 13.8 Å². The van der Waals surface area contributed by atoms with Crippen molar-refractivity contribution in [3.8, 4) is 0 Å². The zero-order valence-electron chi connectivity index (χ0n) is 7.66. The van der Waals surface area contributed by atoms with Gasteiger partial charge in [-0.3, -0.25) is 9.69 Å². The first-order chi connectivity index (χ1) is 4.97. The van der Waals surface area contributed by atoms with Crippen molar-refractivity contribution in [1.29, 1.82) is 0 Å². The molecule has 0 saturated carbocycles. The highest BCUT2D eigenvalue weighted by molar-refractivity contribution is 5.72. The molecule has 0 rings (SSSR count). The summed E-state index contributed by atoms with van der Waals surface area (Å²) in [6.07, 6.45) is 0. The predicted octanol–water partition coefficient (Wildman–Crippen LogP) is -0.0139. The van der Waals surface area contributed by atoms with Crippen LogP contribution in [-0.4, -0.2) is 42.7 Å². The Morgan fingerprint density at radius 2 is 1.91 bits per heavy atom. The molecule has 11 heavy (non-hydrogen) atoms. The molecule has 1 atom stereocenters. The van der Waals surface area contributed by atoms with Crippen molar-refractivity contribution in [3.05, 3.63) is 0 Å². The number of nitrogens with zero attached hydrogens (tertiary/aromatic N) is 1. The van der Waals surface area contributed by atoms with Gasteiger partial charge in [0.25, 0.3) is 0 Å². The van der Waals surface area contributed by atoms with Gasteiger partial charge in [-0.15, -0.1) is 0 Å².